The van der Waals surface area contributed by atoms with E-state index in [1.807, 2.05) is 19.1 Å². The zero-order valence-corrected chi connectivity index (χ0v) is 11.9. The van der Waals surface area contributed by atoms with E-state index in [-0.39, 0.29) is 11.8 Å². The van der Waals surface area contributed by atoms with E-state index in [1.165, 1.54) is 17.7 Å². The Kier molecular flexibility index (Phi) is 5.53. The number of benzene rings is 1. The Bertz CT molecular complexity index is 427. The summed E-state index contributed by atoms with van der Waals surface area (Å²) in [5.41, 5.74) is 1.23. The first-order valence-electron chi connectivity index (χ1n) is 7.30. The van der Waals surface area contributed by atoms with Crippen LogP contribution in [-0.4, -0.2) is 25.7 Å². The molecule has 0 unspecified atom stereocenters. The van der Waals surface area contributed by atoms with Crippen LogP contribution in [0, 0.1) is 11.7 Å². The molecule has 0 bridgehead atoms. The molecule has 0 amide bonds. The molecule has 1 saturated carbocycles. The lowest BCUT2D eigenvalue weighted by Gasteiger charge is -2.36. The van der Waals surface area contributed by atoms with Crippen LogP contribution >= 0.6 is 0 Å². The number of hydrogen-bond donors (Lipinski definition) is 1. The van der Waals surface area contributed by atoms with Gasteiger partial charge in [0.25, 0.3) is 0 Å². The van der Waals surface area contributed by atoms with Crippen molar-refractivity contribution in [3.8, 4) is 0 Å². The highest BCUT2D eigenvalue weighted by Gasteiger charge is 2.29. The van der Waals surface area contributed by atoms with Crippen LogP contribution in [0.4, 0.5) is 4.39 Å². The van der Waals surface area contributed by atoms with E-state index in [0.717, 1.165) is 19.4 Å². The summed E-state index contributed by atoms with van der Waals surface area (Å²) < 4.78 is 17.7. The number of ether oxygens (including phenoxy) is 1. The SMILES string of the molecule is CCOC(=O)CCNC[C@H]1C[C@H](c2ccc(F)cc2)C1. The highest BCUT2D eigenvalue weighted by molar-refractivity contribution is 5.69. The number of halogens is 1. The van der Waals surface area contributed by atoms with Crippen molar-refractivity contribution in [1.82, 2.24) is 5.32 Å². The molecule has 4 heteroatoms. The smallest absolute Gasteiger partial charge is 0.307 e. The lowest BCUT2D eigenvalue weighted by molar-refractivity contribution is -0.142. The predicted molar refractivity (Wildman–Crippen MR) is 76.0 cm³/mol. The summed E-state index contributed by atoms with van der Waals surface area (Å²) in [6.45, 7) is 3.88. The minimum Gasteiger partial charge on any atom is -0.466 e. The van der Waals surface area contributed by atoms with Gasteiger partial charge in [0.05, 0.1) is 13.0 Å². The largest absolute Gasteiger partial charge is 0.466 e. The van der Waals surface area contributed by atoms with Gasteiger partial charge in [-0.15, -0.1) is 0 Å². The quantitative estimate of drug-likeness (QED) is 0.616. The van der Waals surface area contributed by atoms with Crippen molar-refractivity contribution in [2.75, 3.05) is 19.7 Å². The van der Waals surface area contributed by atoms with Crippen molar-refractivity contribution < 1.29 is 13.9 Å². The van der Waals surface area contributed by atoms with Crippen LogP contribution in [-0.2, 0) is 9.53 Å². The van der Waals surface area contributed by atoms with Crippen LogP contribution in [0.15, 0.2) is 24.3 Å². The number of carbonyl (C=O) groups is 1. The van der Waals surface area contributed by atoms with Crippen molar-refractivity contribution >= 4 is 5.97 Å². The Morgan fingerprint density at radius 2 is 2.05 bits per heavy atom. The van der Waals surface area contributed by atoms with Gasteiger partial charge in [-0.3, -0.25) is 4.79 Å². The van der Waals surface area contributed by atoms with E-state index in [0.29, 0.717) is 31.4 Å². The molecule has 2 rings (SSSR count). The third kappa shape index (κ3) is 4.30. The van der Waals surface area contributed by atoms with E-state index in [9.17, 15) is 9.18 Å². The zero-order valence-electron chi connectivity index (χ0n) is 11.9. The van der Waals surface area contributed by atoms with Gasteiger partial charge in [0.15, 0.2) is 0 Å². The number of rotatable bonds is 7. The monoisotopic (exact) mass is 279 g/mol. The summed E-state index contributed by atoms with van der Waals surface area (Å²) in [5.74, 6) is 0.905. The van der Waals surface area contributed by atoms with Gasteiger partial charge in [0.2, 0.25) is 0 Å². The highest BCUT2D eigenvalue weighted by Crippen LogP contribution is 2.41. The summed E-state index contributed by atoms with van der Waals surface area (Å²) in [7, 11) is 0. The Hall–Kier alpha value is -1.42. The molecule has 0 saturated heterocycles. The second kappa shape index (κ2) is 7.39. The second-order valence-corrected chi connectivity index (χ2v) is 5.35. The van der Waals surface area contributed by atoms with E-state index < -0.39 is 0 Å². The van der Waals surface area contributed by atoms with Crippen molar-refractivity contribution in [2.45, 2.75) is 32.1 Å². The fourth-order valence-corrected chi connectivity index (χ4v) is 2.64. The van der Waals surface area contributed by atoms with Crippen molar-refractivity contribution in [1.29, 1.82) is 0 Å². The topological polar surface area (TPSA) is 38.3 Å². The zero-order chi connectivity index (χ0) is 14.4. The maximum atomic E-state index is 12.8. The van der Waals surface area contributed by atoms with Gasteiger partial charge in [-0.2, -0.15) is 0 Å². The van der Waals surface area contributed by atoms with Crippen LogP contribution < -0.4 is 5.32 Å². The van der Waals surface area contributed by atoms with Crippen molar-refractivity contribution in [3.05, 3.63) is 35.6 Å². The van der Waals surface area contributed by atoms with E-state index in [1.54, 1.807) is 0 Å². The first-order chi connectivity index (χ1) is 9.69. The van der Waals surface area contributed by atoms with Gasteiger partial charge in [-0.1, -0.05) is 12.1 Å². The number of carbonyl (C=O) groups excluding carboxylic acids is 1. The van der Waals surface area contributed by atoms with Crippen LogP contribution in [0.3, 0.4) is 0 Å². The lowest BCUT2D eigenvalue weighted by atomic mass is 9.71. The third-order valence-electron chi connectivity index (χ3n) is 3.82. The Morgan fingerprint density at radius 1 is 1.35 bits per heavy atom. The summed E-state index contributed by atoms with van der Waals surface area (Å²) in [6, 6.07) is 6.81. The average molecular weight is 279 g/mol. The molecule has 0 atom stereocenters. The Morgan fingerprint density at radius 3 is 2.70 bits per heavy atom. The molecule has 0 radical (unpaired) electrons. The van der Waals surface area contributed by atoms with Crippen LogP contribution in [0.25, 0.3) is 0 Å². The average Bonchev–Trinajstić information content (AvgIpc) is 2.38. The van der Waals surface area contributed by atoms with Gasteiger partial charge < -0.3 is 10.1 Å². The van der Waals surface area contributed by atoms with Crippen LogP contribution in [0.1, 0.15) is 37.7 Å². The molecule has 20 heavy (non-hydrogen) atoms. The van der Waals surface area contributed by atoms with Crippen molar-refractivity contribution in [2.24, 2.45) is 5.92 Å². The molecule has 1 N–H and O–H groups in total. The van der Waals surface area contributed by atoms with E-state index in [4.69, 9.17) is 4.74 Å². The standard InChI is InChI=1S/C16H22FNO2/c1-2-20-16(19)7-8-18-11-12-9-14(10-12)13-3-5-15(17)6-4-13/h3-6,12,14,18H,2,7-11H2,1H3/t12-,14-. The molecule has 1 aliphatic rings. The van der Waals surface area contributed by atoms with E-state index >= 15 is 0 Å². The molecule has 1 aromatic rings. The summed E-state index contributed by atoms with van der Waals surface area (Å²) in [4.78, 5) is 11.1. The number of hydrogen-bond acceptors (Lipinski definition) is 3. The maximum Gasteiger partial charge on any atom is 0.307 e. The first kappa shape index (κ1) is 15.0. The molecule has 0 aromatic heterocycles. The first-order valence-corrected chi connectivity index (χ1v) is 7.30. The summed E-state index contributed by atoms with van der Waals surface area (Å²) in [6.07, 6.45) is 2.71. The normalized spacial score (nSPS) is 21.3. The van der Waals surface area contributed by atoms with Gasteiger partial charge in [0, 0.05) is 6.54 Å². The molecule has 0 aliphatic heterocycles. The number of esters is 1. The molecule has 3 nitrogen and oxygen atoms in total. The molecular weight excluding hydrogens is 257 g/mol. The molecule has 0 spiro atoms. The second-order valence-electron chi connectivity index (χ2n) is 5.35. The molecular formula is C16H22FNO2. The Labute approximate surface area is 119 Å². The van der Waals surface area contributed by atoms with Crippen molar-refractivity contribution in [3.63, 3.8) is 0 Å². The van der Waals surface area contributed by atoms with Crippen LogP contribution in [0.2, 0.25) is 0 Å². The maximum absolute atomic E-state index is 12.8. The molecule has 0 heterocycles. The summed E-state index contributed by atoms with van der Waals surface area (Å²) in [5, 5.41) is 3.30. The van der Waals surface area contributed by atoms with Gasteiger partial charge >= 0.3 is 5.97 Å². The fraction of sp³-hybridized carbons (Fsp3) is 0.562. The van der Waals surface area contributed by atoms with E-state index in [2.05, 4.69) is 5.32 Å². The van der Waals surface area contributed by atoms with Gasteiger partial charge in [-0.25, -0.2) is 4.39 Å². The van der Waals surface area contributed by atoms with Gasteiger partial charge in [-0.05, 0) is 55.8 Å². The molecule has 1 aliphatic carbocycles. The highest BCUT2D eigenvalue weighted by atomic mass is 19.1. The lowest BCUT2D eigenvalue weighted by Crippen LogP contribution is -2.33. The predicted octanol–water partition coefficient (Wildman–Crippen LogP) is 2.86. The minimum absolute atomic E-state index is 0.141. The fourth-order valence-electron chi connectivity index (χ4n) is 2.64. The summed E-state index contributed by atoms with van der Waals surface area (Å²) >= 11 is 0. The third-order valence-corrected chi connectivity index (χ3v) is 3.82. The molecule has 1 aromatic carbocycles. The molecule has 110 valence electrons. The van der Waals surface area contributed by atoms with Crippen LogP contribution in [0.5, 0.6) is 0 Å². The van der Waals surface area contributed by atoms with Gasteiger partial charge in [0.1, 0.15) is 5.82 Å². The number of nitrogens with one attached hydrogen (secondary N) is 1. The molecule has 1 fully saturated rings. The Balaban J connectivity index is 1.58. The minimum atomic E-state index is -0.176.